The molecule has 1 heterocycles. The third-order valence-corrected chi connectivity index (χ3v) is 15.8. The van der Waals surface area contributed by atoms with Crippen molar-refractivity contribution in [3.05, 3.63) is 301 Å². The Labute approximate surface area is 423 Å². The number of fused-ring (bicyclic) bond motifs is 11. The van der Waals surface area contributed by atoms with Crippen LogP contribution in [-0.2, 0) is 5.41 Å². The fraction of sp³-hybridized carbons (Fsp3) is 0.0141. The van der Waals surface area contributed by atoms with E-state index in [1.165, 1.54) is 109 Å². The lowest BCUT2D eigenvalue weighted by atomic mass is 9.67. The number of hydrogen-bond donors (Lipinski definition) is 0. The van der Waals surface area contributed by atoms with Gasteiger partial charge in [0, 0.05) is 32.6 Å². The Morgan fingerprint density at radius 3 is 1.60 bits per heavy atom. The molecule has 15 rings (SSSR count). The number of benzene rings is 13. The predicted octanol–water partition coefficient (Wildman–Crippen LogP) is 18.9. The van der Waals surface area contributed by atoms with Crippen molar-refractivity contribution in [2.75, 3.05) is 4.90 Å². The van der Waals surface area contributed by atoms with Gasteiger partial charge in [0.15, 0.2) is 0 Å². The lowest BCUT2D eigenvalue weighted by molar-refractivity contribution is 0.767. The van der Waals surface area contributed by atoms with Crippen molar-refractivity contribution in [2.24, 2.45) is 0 Å². The van der Waals surface area contributed by atoms with Gasteiger partial charge in [-0.3, -0.25) is 0 Å². The molecule has 0 aliphatic heterocycles. The maximum absolute atomic E-state index is 2.51. The number of anilines is 3. The zero-order valence-corrected chi connectivity index (χ0v) is 40.0. The van der Waals surface area contributed by atoms with E-state index in [1.54, 1.807) is 0 Å². The van der Waals surface area contributed by atoms with Crippen LogP contribution in [0.25, 0.3) is 92.8 Å². The summed E-state index contributed by atoms with van der Waals surface area (Å²) in [6, 6.07) is 104. The fourth-order valence-corrected chi connectivity index (χ4v) is 12.7. The highest BCUT2D eigenvalue weighted by Crippen LogP contribution is 2.57. The van der Waals surface area contributed by atoms with E-state index in [9.17, 15) is 0 Å². The van der Waals surface area contributed by atoms with Gasteiger partial charge in [-0.05, 0) is 120 Å². The summed E-state index contributed by atoms with van der Waals surface area (Å²) in [7, 11) is 0. The van der Waals surface area contributed by atoms with Gasteiger partial charge in [0.2, 0.25) is 0 Å². The van der Waals surface area contributed by atoms with E-state index in [4.69, 9.17) is 0 Å². The molecule has 1 aliphatic rings. The van der Waals surface area contributed by atoms with Crippen LogP contribution in [0.3, 0.4) is 0 Å². The maximum Gasteiger partial charge on any atom is 0.0714 e. The van der Waals surface area contributed by atoms with Crippen LogP contribution in [0.2, 0.25) is 0 Å². The summed E-state index contributed by atoms with van der Waals surface area (Å²) >= 11 is 0. The summed E-state index contributed by atoms with van der Waals surface area (Å²) in [6.45, 7) is 0. The summed E-state index contributed by atoms with van der Waals surface area (Å²) in [5.74, 6) is 0. The van der Waals surface area contributed by atoms with Crippen molar-refractivity contribution < 1.29 is 0 Å². The first kappa shape index (κ1) is 41.3. The highest BCUT2D eigenvalue weighted by molar-refractivity contribution is 6.18. The van der Waals surface area contributed by atoms with Crippen LogP contribution < -0.4 is 4.90 Å². The lowest BCUT2D eigenvalue weighted by Gasteiger charge is -2.34. The molecule has 0 amide bonds. The number of hydrogen-bond acceptors (Lipinski definition) is 1. The summed E-state index contributed by atoms with van der Waals surface area (Å²) in [4.78, 5) is 2.51. The molecule has 0 fully saturated rings. The van der Waals surface area contributed by atoms with Gasteiger partial charge < -0.3 is 9.47 Å². The Morgan fingerprint density at radius 1 is 0.274 bits per heavy atom. The molecule has 0 saturated heterocycles. The van der Waals surface area contributed by atoms with Gasteiger partial charge in [0.05, 0.1) is 33.5 Å². The van der Waals surface area contributed by atoms with E-state index in [0.29, 0.717) is 0 Å². The minimum absolute atomic E-state index is 0.492. The molecule has 0 radical (unpaired) electrons. The van der Waals surface area contributed by atoms with Gasteiger partial charge in [0.1, 0.15) is 0 Å². The van der Waals surface area contributed by atoms with Gasteiger partial charge >= 0.3 is 0 Å². The zero-order valence-electron chi connectivity index (χ0n) is 40.0. The summed E-state index contributed by atoms with van der Waals surface area (Å²) in [5.41, 5.74) is 16.5. The van der Waals surface area contributed by atoms with Crippen molar-refractivity contribution in [3.8, 4) is 27.9 Å². The Kier molecular flexibility index (Phi) is 9.21. The van der Waals surface area contributed by atoms with E-state index < -0.39 is 5.41 Å². The van der Waals surface area contributed by atoms with Crippen molar-refractivity contribution >= 4 is 82.0 Å². The third-order valence-electron chi connectivity index (χ3n) is 15.8. The number of rotatable bonds is 7. The monoisotopic (exact) mass is 926 g/mol. The van der Waals surface area contributed by atoms with Crippen LogP contribution in [0.5, 0.6) is 0 Å². The largest absolute Gasteiger partial charge is 0.309 e. The van der Waals surface area contributed by atoms with E-state index in [1.807, 2.05) is 0 Å². The summed E-state index contributed by atoms with van der Waals surface area (Å²) < 4.78 is 2.48. The van der Waals surface area contributed by atoms with Crippen molar-refractivity contribution in [1.29, 1.82) is 0 Å². The molecule has 0 spiro atoms. The molecule has 1 aliphatic carbocycles. The lowest BCUT2D eigenvalue weighted by Crippen LogP contribution is -2.28. The maximum atomic E-state index is 2.51. The Hall–Kier alpha value is -9.50. The minimum Gasteiger partial charge on any atom is -0.309 e. The van der Waals surface area contributed by atoms with E-state index in [0.717, 1.165) is 22.7 Å². The molecule has 2 nitrogen and oxygen atoms in total. The Balaban J connectivity index is 0.929. The van der Waals surface area contributed by atoms with Crippen LogP contribution in [0.1, 0.15) is 22.3 Å². The van der Waals surface area contributed by atoms with Crippen LogP contribution in [-0.4, -0.2) is 4.57 Å². The Bertz CT molecular complexity index is 4460. The highest BCUT2D eigenvalue weighted by Gasteiger charge is 2.46. The molecule has 0 bridgehead atoms. The van der Waals surface area contributed by atoms with Crippen LogP contribution >= 0.6 is 0 Å². The quantitative estimate of drug-likeness (QED) is 0.145. The summed E-state index contributed by atoms with van der Waals surface area (Å²) in [5, 5.41) is 12.2. The Morgan fingerprint density at radius 2 is 0.822 bits per heavy atom. The smallest absolute Gasteiger partial charge is 0.0714 e. The number of para-hydroxylation sites is 1. The van der Waals surface area contributed by atoms with Gasteiger partial charge in [-0.1, -0.05) is 231 Å². The number of aromatic nitrogens is 1. The zero-order chi connectivity index (χ0) is 48.0. The predicted molar refractivity (Wildman–Crippen MR) is 308 cm³/mol. The minimum atomic E-state index is -0.492. The van der Waals surface area contributed by atoms with Gasteiger partial charge in [0.25, 0.3) is 0 Å². The molecular formula is C71H46N2. The first-order valence-electron chi connectivity index (χ1n) is 25.3. The second kappa shape index (κ2) is 16.3. The van der Waals surface area contributed by atoms with Gasteiger partial charge in [-0.2, -0.15) is 0 Å². The van der Waals surface area contributed by atoms with Crippen LogP contribution in [0.4, 0.5) is 17.1 Å². The SMILES string of the molecule is c1ccc(C2(c3ccccc3)c3ccccc3-c3ccc(-n4c5ccccc5c5cc(-c6ccc(N(c7cccc8ccccc78)c7cc8ccccc8c8ccccc78)c7ccccc67)ccc54)cc32)cc1. The molecule has 13 aromatic carbocycles. The van der Waals surface area contributed by atoms with E-state index in [-0.39, 0.29) is 0 Å². The molecule has 0 saturated carbocycles. The molecule has 2 heteroatoms. The van der Waals surface area contributed by atoms with Crippen molar-refractivity contribution in [1.82, 2.24) is 4.57 Å². The molecule has 0 unspecified atom stereocenters. The molecule has 73 heavy (non-hydrogen) atoms. The van der Waals surface area contributed by atoms with E-state index in [2.05, 4.69) is 289 Å². The molecule has 340 valence electrons. The molecular weight excluding hydrogens is 881 g/mol. The molecule has 1 aromatic heterocycles. The highest BCUT2D eigenvalue weighted by atomic mass is 15.1. The summed E-state index contributed by atoms with van der Waals surface area (Å²) in [6.07, 6.45) is 0. The second-order valence-electron chi connectivity index (χ2n) is 19.5. The number of nitrogens with zero attached hydrogens (tertiary/aromatic N) is 2. The normalized spacial score (nSPS) is 12.8. The average Bonchev–Trinajstić information content (AvgIpc) is 3.96. The average molecular weight is 927 g/mol. The van der Waals surface area contributed by atoms with Gasteiger partial charge in [-0.25, -0.2) is 0 Å². The van der Waals surface area contributed by atoms with Gasteiger partial charge in [-0.15, -0.1) is 0 Å². The molecule has 14 aromatic rings. The molecule has 0 N–H and O–H groups in total. The van der Waals surface area contributed by atoms with Crippen molar-refractivity contribution in [3.63, 3.8) is 0 Å². The first-order chi connectivity index (χ1) is 36.2. The van der Waals surface area contributed by atoms with Crippen LogP contribution in [0, 0.1) is 0 Å². The third kappa shape index (κ3) is 6.11. The van der Waals surface area contributed by atoms with Crippen LogP contribution in [0.15, 0.2) is 279 Å². The molecule has 0 atom stereocenters. The fourth-order valence-electron chi connectivity index (χ4n) is 12.7. The second-order valence-corrected chi connectivity index (χ2v) is 19.5. The van der Waals surface area contributed by atoms with Crippen molar-refractivity contribution in [2.45, 2.75) is 5.41 Å². The topological polar surface area (TPSA) is 8.17 Å². The first-order valence-corrected chi connectivity index (χ1v) is 25.3. The van der Waals surface area contributed by atoms with E-state index >= 15 is 0 Å². The standard InChI is InChI=1S/C71H46N2/c1-3-23-50(24-4-1)71(51-25-5-2-6-26-51)64-35-17-15-31-58(64)59-40-39-52(46-65(59)71)72-67-36-18-16-34-62(67)63-44-49(38-42-69(63)72)54-41-43-68(60-32-13-11-30-57(54)60)73(66-37-19-22-47-20-7-10-28-55(47)66)70-45-48-21-8-9-27-53(48)56-29-12-14-33-61(56)70/h1-46H.